The van der Waals surface area contributed by atoms with Gasteiger partial charge in [-0.3, -0.25) is 4.98 Å². The number of rotatable bonds is 2. The van der Waals surface area contributed by atoms with Crippen LogP contribution in [0.2, 0.25) is 0 Å². The molecule has 0 bridgehead atoms. The van der Waals surface area contributed by atoms with Crippen LogP contribution in [0.1, 0.15) is 16.1 Å². The fraction of sp³-hybridized carbons (Fsp3) is 0. The predicted molar refractivity (Wildman–Crippen MR) is 67.9 cm³/mol. The SMILES string of the molecule is N#Cc1cnn2c(-c3cccnc3)cc(C(=O)O)nc12. The van der Waals surface area contributed by atoms with Gasteiger partial charge in [-0.2, -0.15) is 10.4 Å². The Bertz CT molecular complexity index is 848. The van der Waals surface area contributed by atoms with Gasteiger partial charge in [0.05, 0.1) is 11.9 Å². The lowest BCUT2D eigenvalue weighted by Gasteiger charge is -2.05. The molecule has 96 valence electrons. The maximum atomic E-state index is 11.2. The maximum absolute atomic E-state index is 11.2. The van der Waals surface area contributed by atoms with E-state index in [0.29, 0.717) is 11.3 Å². The molecule has 0 radical (unpaired) electrons. The van der Waals surface area contributed by atoms with Crippen molar-refractivity contribution in [1.82, 2.24) is 19.6 Å². The molecule has 0 atom stereocenters. The van der Waals surface area contributed by atoms with Gasteiger partial charge in [-0.05, 0) is 18.2 Å². The molecule has 0 aromatic carbocycles. The number of carboxylic acid groups (broad SMARTS) is 1. The van der Waals surface area contributed by atoms with Crippen molar-refractivity contribution < 1.29 is 9.90 Å². The maximum Gasteiger partial charge on any atom is 0.354 e. The highest BCUT2D eigenvalue weighted by Gasteiger charge is 2.15. The van der Waals surface area contributed by atoms with E-state index in [-0.39, 0.29) is 16.9 Å². The Kier molecular flexibility index (Phi) is 2.62. The van der Waals surface area contributed by atoms with Crippen LogP contribution in [0.5, 0.6) is 0 Å². The molecule has 0 unspecified atom stereocenters. The number of pyridine rings is 1. The van der Waals surface area contributed by atoms with Crippen LogP contribution in [0.15, 0.2) is 36.8 Å². The van der Waals surface area contributed by atoms with E-state index in [1.807, 2.05) is 6.07 Å². The van der Waals surface area contributed by atoms with E-state index < -0.39 is 5.97 Å². The number of aromatic carboxylic acids is 1. The second-order valence-electron chi connectivity index (χ2n) is 3.98. The van der Waals surface area contributed by atoms with Gasteiger partial charge in [0, 0.05) is 18.0 Å². The molecule has 3 aromatic rings. The Balaban J connectivity index is 2.39. The van der Waals surface area contributed by atoms with Gasteiger partial charge >= 0.3 is 5.97 Å². The molecular weight excluding hydrogens is 258 g/mol. The first kappa shape index (κ1) is 11.8. The van der Waals surface area contributed by atoms with E-state index >= 15 is 0 Å². The number of hydrogen-bond donors (Lipinski definition) is 1. The van der Waals surface area contributed by atoms with Crippen molar-refractivity contribution in [3.8, 4) is 17.3 Å². The second kappa shape index (κ2) is 4.44. The first-order valence-electron chi connectivity index (χ1n) is 5.63. The first-order valence-corrected chi connectivity index (χ1v) is 5.63. The Hall–Kier alpha value is -3.27. The lowest BCUT2D eigenvalue weighted by atomic mass is 10.2. The number of carbonyl (C=O) groups is 1. The molecule has 0 spiro atoms. The quantitative estimate of drug-likeness (QED) is 0.750. The molecule has 0 fully saturated rings. The zero-order valence-electron chi connectivity index (χ0n) is 10.1. The Morgan fingerprint density at radius 2 is 2.25 bits per heavy atom. The van der Waals surface area contributed by atoms with E-state index in [1.54, 1.807) is 24.5 Å². The number of nitriles is 1. The average molecular weight is 265 g/mol. The van der Waals surface area contributed by atoms with Crippen molar-refractivity contribution in [2.45, 2.75) is 0 Å². The van der Waals surface area contributed by atoms with E-state index in [0.717, 1.165) is 0 Å². The van der Waals surface area contributed by atoms with Gasteiger partial charge in [0.15, 0.2) is 11.3 Å². The first-order chi connectivity index (χ1) is 9.70. The van der Waals surface area contributed by atoms with Crippen molar-refractivity contribution in [2.75, 3.05) is 0 Å². The van der Waals surface area contributed by atoms with Gasteiger partial charge < -0.3 is 5.11 Å². The monoisotopic (exact) mass is 265 g/mol. The summed E-state index contributed by atoms with van der Waals surface area (Å²) in [5.41, 5.74) is 1.50. The molecule has 0 aliphatic heterocycles. The molecule has 3 aromatic heterocycles. The van der Waals surface area contributed by atoms with E-state index in [1.165, 1.54) is 16.8 Å². The van der Waals surface area contributed by atoms with Crippen LogP contribution in [0, 0.1) is 11.3 Å². The zero-order chi connectivity index (χ0) is 14.1. The number of hydrogen-bond acceptors (Lipinski definition) is 5. The minimum absolute atomic E-state index is 0.145. The number of nitrogens with zero attached hydrogens (tertiary/aromatic N) is 5. The van der Waals surface area contributed by atoms with Crippen molar-refractivity contribution >= 4 is 11.6 Å². The van der Waals surface area contributed by atoms with Crippen LogP contribution in [0.25, 0.3) is 16.9 Å². The van der Waals surface area contributed by atoms with Crippen LogP contribution in [0.3, 0.4) is 0 Å². The third kappa shape index (κ3) is 1.76. The van der Waals surface area contributed by atoms with Crippen LogP contribution in [-0.4, -0.2) is 30.7 Å². The minimum Gasteiger partial charge on any atom is -0.477 e. The van der Waals surface area contributed by atoms with Crippen LogP contribution in [0.4, 0.5) is 0 Å². The van der Waals surface area contributed by atoms with Crippen LogP contribution < -0.4 is 0 Å². The van der Waals surface area contributed by atoms with Crippen LogP contribution >= 0.6 is 0 Å². The van der Waals surface area contributed by atoms with Gasteiger partial charge in [-0.25, -0.2) is 14.3 Å². The molecular formula is C13H7N5O2. The summed E-state index contributed by atoms with van der Waals surface area (Å²) in [4.78, 5) is 19.1. The summed E-state index contributed by atoms with van der Waals surface area (Å²) < 4.78 is 1.43. The highest BCUT2D eigenvalue weighted by molar-refractivity contribution is 5.88. The molecule has 0 aliphatic rings. The summed E-state index contributed by atoms with van der Waals surface area (Å²) in [7, 11) is 0. The summed E-state index contributed by atoms with van der Waals surface area (Å²) >= 11 is 0. The second-order valence-corrected chi connectivity index (χ2v) is 3.98. The fourth-order valence-corrected chi connectivity index (χ4v) is 1.87. The van der Waals surface area contributed by atoms with E-state index in [4.69, 9.17) is 10.4 Å². The molecule has 0 saturated carbocycles. The summed E-state index contributed by atoms with van der Waals surface area (Å²) in [5.74, 6) is -1.16. The molecule has 3 rings (SSSR count). The molecule has 3 heterocycles. The van der Waals surface area contributed by atoms with Gasteiger partial charge in [0.2, 0.25) is 0 Å². The van der Waals surface area contributed by atoms with E-state index in [9.17, 15) is 4.79 Å². The van der Waals surface area contributed by atoms with Crippen molar-refractivity contribution in [3.05, 3.63) is 48.0 Å². The third-order valence-electron chi connectivity index (χ3n) is 2.77. The number of carboxylic acids is 1. The van der Waals surface area contributed by atoms with E-state index in [2.05, 4.69) is 15.1 Å². The minimum atomic E-state index is -1.16. The lowest BCUT2D eigenvalue weighted by molar-refractivity contribution is 0.0690. The summed E-state index contributed by atoms with van der Waals surface area (Å²) in [5, 5.41) is 22.2. The zero-order valence-corrected chi connectivity index (χ0v) is 10.1. The molecule has 0 amide bonds. The standard InChI is InChI=1S/C13H7N5O2/c14-5-9-7-16-18-11(8-2-1-3-15-6-8)4-10(13(19)20)17-12(9)18/h1-4,6-7H,(H,19,20). The lowest BCUT2D eigenvalue weighted by Crippen LogP contribution is -2.06. The Morgan fingerprint density at radius 3 is 2.90 bits per heavy atom. The summed E-state index contributed by atoms with van der Waals surface area (Å²) in [6.45, 7) is 0. The summed E-state index contributed by atoms with van der Waals surface area (Å²) in [6.07, 6.45) is 4.56. The molecule has 7 nitrogen and oxygen atoms in total. The average Bonchev–Trinajstić information content (AvgIpc) is 2.90. The Labute approximate surface area is 112 Å². The normalized spacial score (nSPS) is 10.3. The highest BCUT2D eigenvalue weighted by Crippen LogP contribution is 2.21. The molecule has 0 aliphatic carbocycles. The van der Waals surface area contributed by atoms with Gasteiger partial charge in [-0.1, -0.05) is 0 Å². The van der Waals surface area contributed by atoms with Gasteiger partial charge in [-0.15, -0.1) is 0 Å². The molecule has 0 saturated heterocycles. The predicted octanol–water partition coefficient (Wildman–Crippen LogP) is 1.36. The molecule has 20 heavy (non-hydrogen) atoms. The molecule has 1 N–H and O–H groups in total. The fourth-order valence-electron chi connectivity index (χ4n) is 1.87. The summed E-state index contributed by atoms with van der Waals surface area (Å²) in [6, 6.07) is 6.86. The molecule has 7 heteroatoms. The third-order valence-corrected chi connectivity index (χ3v) is 2.77. The largest absolute Gasteiger partial charge is 0.477 e. The Morgan fingerprint density at radius 1 is 1.40 bits per heavy atom. The number of aromatic nitrogens is 4. The van der Waals surface area contributed by atoms with Gasteiger partial charge in [0.1, 0.15) is 11.6 Å². The topological polar surface area (TPSA) is 104 Å². The number of fused-ring (bicyclic) bond motifs is 1. The van der Waals surface area contributed by atoms with Crippen molar-refractivity contribution in [1.29, 1.82) is 5.26 Å². The highest BCUT2D eigenvalue weighted by atomic mass is 16.4. The van der Waals surface area contributed by atoms with Crippen molar-refractivity contribution in [2.24, 2.45) is 0 Å². The van der Waals surface area contributed by atoms with Gasteiger partial charge in [0.25, 0.3) is 0 Å². The van der Waals surface area contributed by atoms with Crippen molar-refractivity contribution in [3.63, 3.8) is 0 Å². The van der Waals surface area contributed by atoms with Crippen LogP contribution in [-0.2, 0) is 0 Å². The smallest absolute Gasteiger partial charge is 0.354 e.